The molecule has 0 unspecified atom stereocenters. The highest BCUT2D eigenvalue weighted by molar-refractivity contribution is 5.82. The summed E-state index contributed by atoms with van der Waals surface area (Å²) in [5.41, 5.74) is 1.29. The van der Waals surface area contributed by atoms with Gasteiger partial charge in [0, 0.05) is 5.41 Å². The molecule has 0 fully saturated rings. The fourth-order valence-electron chi connectivity index (χ4n) is 2.37. The van der Waals surface area contributed by atoms with Gasteiger partial charge in [-0.2, -0.15) is 0 Å². The molecule has 2 aromatic carbocycles. The van der Waals surface area contributed by atoms with Crippen LogP contribution in [-0.2, 0) is 20.4 Å². The predicted octanol–water partition coefficient (Wildman–Crippen LogP) is 4.49. The summed E-state index contributed by atoms with van der Waals surface area (Å²) in [6, 6.07) is 19.9. The molecule has 0 saturated carbocycles. The van der Waals surface area contributed by atoms with Crippen molar-refractivity contribution in [3.63, 3.8) is 0 Å². The van der Waals surface area contributed by atoms with Crippen molar-refractivity contribution in [1.29, 1.82) is 0 Å². The average Bonchev–Trinajstić information content (AvgIpc) is 2.54. The molecule has 2 rings (SSSR count). The van der Waals surface area contributed by atoms with E-state index >= 15 is 0 Å². The molecule has 0 aliphatic heterocycles. The van der Waals surface area contributed by atoms with Gasteiger partial charge in [-0.25, -0.2) is 0 Å². The summed E-state index contributed by atoms with van der Waals surface area (Å²) in [5, 5.41) is 0. The van der Waals surface area contributed by atoms with E-state index < -0.39 is 5.41 Å². The van der Waals surface area contributed by atoms with Crippen LogP contribution in [0.1, 0.15) is 38.8 Å². The second-order valence-corrected chi connectivity index (χ2v) is 6.82. The summed E-state index contributed by atoms with van der Waals surface area (Å²) < 4.78 is 5.64. The molecular weight excluding hydrogens is 272 g/mol. The summed E-state index contributed by atoms with van der Waals surface area (Å²) in [7, 11) is 0. The highest BCUT2D eigenvalue weighted by atomic mass is 16.5. The van der Waals surface area contributed by atoms with E-state index in [9.17, 15) is 4.79 Å². The molecule has 2 nitrogen and oxygen atoms in total. The number of hydrogen-bond donors (Lipinski definition) is 0. The Bertz CT molecular complexity index is 613. The highest BCUT2D eigenvalue weighted by Crippen LogP contribution is 2.27. The van der Waals surface area contributed by atoms with Crippen LogP contribution >= 0.6 is 0 Å². The zero-order chi connectivity index (χ0) is 16.2. The molecule has 0 atom stereocenters. The van der Waals surface area contributed by atoms with Gasteiger partial charge in [-0.15, -0.1) is 0 Å². The summed E-state index contributed by atoms with van der Waals surface area (Å²) >= 11 is 0. The van der Waals surface area contributed by atoms with Crippen molar-refractivity contribution < 1.29 is 9.53 Å². The van der Waals surface area contributed by atoms with Crippen molar-refractivity contribution in [1.82, 2.24) is 0 Å². The first-order valence-electron chi connectivity index (χ1n) is 7.62. The van der Waals surface area contributed by atoms with Crippen molar-refractivity contribution in [2.45, 2.75) is 38.5 Å². The molecule has 0 radical (unpaired) electrons. The van der Waals surface area contributed by atoms with Crippen LogP contribution in [0.5, 0.6) is 0 Å². The van der Waals surface area contributed by atoms with Gasteiger partial charge in [-0.1, -0.05) is 74.5 Å². The molecule has 0 aliphatic carbocycles. The minimum absolute atomic E-state index is 0.192. The van der Waals surface area contributed by atoms with Crippen LogP contribution in [0.4, 0.5) is 0 Å². The lowest BCUT2D eigenvalue weighted by atomic mass is 9.83. The smallest absolute Gasteiger partial charge is 0.316 e. The molecule has 0 bridgehead atoms. The molecule has 0 heterocycles. The molecule has 2 aromatic rings. The van der Waals surface area contributed by atoms with Crippen molar-refractivity contribution in [2.24, 2.45) is 0 Å². The van der Waals surface area contributed by atoms with E-state index in [1.54, 1.807) is 0 Å². The minimum atomic E-state index is -0.645. The molecule has 0 saturated heterocycles. The van der Waals surface area contributed by atoms with Crippen molar-refractivity contribution in [2.75, 3.05) is 6.61 Å². The molecule has 2 heteroatoms. The van der Waals surface area contributed by atoms with Gasteiger partial charge in [0.15, 0.2) is 0 Å². The zero-order valence-corrected chi connectivity index (χ0v) is 13.8. The van der Waals surface area contributed by atoms with Gasteiger partial charge in [0.25, 0.3) is 0 Å². The minimum Gasteiger partial charge on any atom is -0.464 e. The first-order valence-corrected chi connectivity index (χ1v) is 7.62. The Kier molecular flexibility index (Phi) is 4.70. The summed E-state index contributed by atoms with van der Waals surface area (Å²) in [5.74, 6) is -0.192. The molecule has 0 amide bonds. The second-order valence-electron chi connectivity index (χ2n) is 6.82. The maximum Gasteiger partial charge on any atom is 0.316 e. The van der Waals surface area contributed by atoms with E-state index in [0.717, 1.165) is 5.56 Å². The fraction of sp³-hybridized carbons (Fsp3) is 0.350. The molecule has 0 spiro atoms. The summed E-state index contributed by atoms with van der Waals surface area (Å²) in [6.07, 6.45) is 0. The van der Waals surface area contributed by atoms with Gasteiger partial charge in [-0.3, -0.25) is 4.79 Å². The molecule has 0 aliphatic rings. The normalized spacial score (nSPS) is 12.0. The molecule has 116 valence electrons. The Labute approximate surface area is 133 Å². The van der Waals surface area contributed by atoms with E-state index in [4.69, 9.17) is 4.74 Å². The first kappa shape index (κ1) is 16.3. The van der Waals surface area contributed by atoms with Crippen molar-refractivity contribution in [3.8, 4) is 0 Å². The van der Waals surface area contributed by atoms with Crippen molar-refractivity contribution >= 4 is 5.97 Å². The number of rotatable bonds is 5. The summed E-state index contributed by atoms with van der Waals surface area (Å²) in [4.78, 5) is 12.5. The van der Waals surface area contributed by atoms with Gasteiger partial charge in [-0.05, 0) is 25.0 Å². The Hall–Kier alpha value is -2.09. The van der Waals surface area contributed by atoms with Crippen LogP contribution in [0, 0.1) is 0 Å². The monoisotopic (exact) mass is 296 g/mol. The van der Waals surface area contributed by atoms with E-state index in [2.05, 4.69) is 26.0 Å². The number of hydrogen-bond acceptors (Lipinski definition) is 2. The maximum atomic E-state index is 12.5. The molecule has 22 heavy (non-hydrogen) atoms. The third-order valence-corrected chi connectivity index (χ3v) is 4.13. The van der Waals surface area contributed by atoms with E-state index in [1.165, 1.54) is 5.56 Å². The number of benzene rings is 2. The van der Waals surface area contributed by atoms with Crippen LogP contribution in [0.25, 0.3) is 0 Å². The Morgan fingerprint density at radius 3 is 1.77 bits per heavy atom. The largest absolute Gasteiger partial charge is 0.464 e. The number of esters is 1. The van der Waals surface area contributed by atoms with E-state index in [-0.39, 0.29) is 11.4 Å². The Morgan fingerprint density at radius 2 is 1.27 bits per heavy atom. The van der Waals surface area contributed by atoms with Gasteiger partial charge in [0.2, 0.25) is 0 Å². The van der Waals surface area contributed by atoms with Crippen LogP contribution in [0.3, 0.4) is 0 Å². The van der Waals surface area contributed by atoms with Crippen LogP contribution in [0.2, 0.25) is 0 Å². The first-order chi connectivity index (χ1) is 10.3. The summed E-state index contributed by atoms with van der Waals surface area (Å²) in [6.45, 7) is 8.35. The predicted molar refractivity (Wildman–Crippen MR) is 89.9 cm³/mol. The third kappa shape index (κ3) is 3.56. The lowest BCUT2D eigenvalue weighted by Crippen LogP contribution is -2.35. The average molecular weight is 296 g/mol. The number of carbonyl (C=O) groups is 1. The standard InChI is InChI=1S/C20H24O2/c1-19(2,16-11-7-5-8-12-16)15-22-18(21)20(3,4)17-13-9-6-10-14-17/h5-14H,15H2,1-4H3. The highest BCUT2D eigenvalue weighted by Gasteiger charge is 2.33. The fourth-order valence-corrected chi connectivity index (χ4v) is 2.37. The Morgan fingerprint density at radius 1 is 0.818 bits per heavy atom. The van der Waals surface area contributed by atoms with Crippen LogP contribution < -0.4 is 0 Å². The second kappa shape index (κ2) is 6.35. The lowest BCUT2D eigenvalue weighted by molar-refractivity contribution is -0.151. The quantitative estimate of drug-likeness (QED) is 0.760. The SMILES string of the molecule is CC(C)(COC(=O)C(C)(C)c1ccccc1)c1ccccc1. The van der Waals surface area contributed by atoms with Crippen molar-refractivity contribution in [3.05, 3.63) is 71.8 Å². The van der Waals surface area contributed by atoms with E-state index in [1.807, 2.05) is 62.4 Å². The maximum absolute atomic E-state index is 12.5. The number of ether oxygens (including phenoxy) is 1. The van der Waals surface area contributed by atoms with E-state index in [0.29, 0.717) is 6.61 Å². The molecule has 0 N–H and O–H groups in total. The van der Waals surface area contributed by atoms with Crippen LogP contribution in [-0.4, -0.2) is 12.6 Å². The number of carbonyl (C=O) groups excluding carboxylic acids is 1. The van der Waals surface area contributed by atoms with Gasteiger partial charge in [0.05, 0.1) is 5.41 Å². The lowest BCUT2D eigenvalue weighted by Gasteiger charge is -2.28. The van der Waals surface area contributed by atoms with Gasteiger partial charge in [0.1, 0.15) is 6.61 Å². The van der Waals surface area contributed by atoms with Crippen LogP contribution in [0.15, 0.2) is 60.7 Å². The van der Waals surface area contributed by atoms with Gasteiger partial charge >= 0.3 is 5.97 Å². The topological polar surface area (TPSA) is 26.3 Å². The molecule has 0 aromatic heterocycles. The molecular formula is C20H24O2. The zero-order valence-electron chi connectivity index (χ0n) is 13.8. The Balaban J connectivity index is 2.06. The van der Waals surface area contributed by atoms with Gasteiger partial charge < -0.3 is 4.74 Å². The third-order valence-electron chi connectivity index (χ3n) is 4.13.